The summed E-state index contributed by atoms with van der Waals surface area (Å²) >= 11 is 1.26. The lowest BCUT2D eigenvalue weighted by Crippen LogP contribution is -2.60. The van der Waals surface area contributed by atoms with Crippen molar-refractivity contribution in [3.05, 3.63) is 69.0 Å². The van der Waals surface area contributed by atoms with Gasteiger partial charge in [0.1, 0.15) is 12.1 Å². The molecule has 5 atom stereocenters. The van der Waals surface area contributed by atoms with Gasteiger partial charge in [0.25, 0.3) is 5.91 Å². The van der Waals surface area contributed by atoms with Crippen LogP contribution < -0.4 is 10.7 Å². The number of likely N-dealkylation sites (tertiary alicyclic amines) is 1. The number of carbonyl (C=O) groups is 3. The first-order chi connectivity index (χ1) is 20.5. The van der Waals surface area contributed by atoms with Crippen LogP contribution in [0.3, 0.4) is 0 Å². The van der Waals surface area contributed by atoms with Gasteiger partial charge in [-0.25, -0.2) is 0 Å². The number of thiophene rings is 1. The number of aromatic nitrogens is 1. The number of rotatable bonds is 6. The Bertz CT molecular complexity index is 1730. The van der Waals surface area contributed by atoms with Crippen LogP contribution in [0.25, 0.3) is 10.1 Å². The highest BCUT2D eigenvalue weighted by Crippen LogP contribution is 2.49. The number of H-pyrrole nitrogens is 1. The number of carbonyl (C=O) groups excluding carboxylic acids is 3. The lowest BCUT2D eigenvalue weighted by molar-refractivity contribution is -0.149. The van der Waals surface area contributed by atoms with Gasteiger partial charge in [-0.15, -0.1) is 11.3 Å². The summed E-state index contributed by atoms with van der Waals surface area (Å²) in [5.41, 5.74) is 1.11. The summed E-state index contributed by atoms with van der Waals surface area (Å²) in [7, 11) is -4.22. The van der Waals surface area contributed by atoms with E-state index in [0.29, 0.717) is 59.2 Å². The first-order valence-corrected chi connectivity index (χ1v) is 17.3. The van der Waals surface area contributed by atoms with Crippen LogP contribution in [0.1, 0.15) is 58.8 Å². The standard InChI is InChI=1S/C30H33N4O7PS/c35-25-5-6-31-12-22(25)20-13-33(14-20)30(38)24-3-2-21-9-17-8-18(17)10-23(29(37)34(21)24)32-28(36)27-11-19-7-16(15-42(39,40)41)1-4-26(19)43-27/h1,4-7,11-12,17-18,20-21,23-24H,2-3,8-10,13-15H2,(H,31,35)(H,32,36)(H2,39,40,41)/t17-,18+,21+,23-,24-/m0/s1. The van der Waals surface area contributed by atoms with Crippen LogP contribution in [0.2, 0.25) is 0 Å². The summed E-state index contributed by atoms with van der Waals surface area (Å²) in [4.78, 5) is 78.9. The molecule has 4 aliphatic rings. The molecule has 3 aromatic rings. The second-order valence-electron chi connectivity index (χ2n) is 12.5. The highest BCUT2D eigenvalue weighted by molar-refractivity contribution is 7.50. The Hall–Kier alpha value is -3.31. The highest BCUT2D eigenvalue weighted by Gasteiger charge is 2.52. The van der Waals surface area contributed by atoms with Crippen molar-refractivity contribution in [2.24, 2.45) is 11.8 Å². The molecule has 226 valence electrons. The first kappa shape index (κ1) is 28.5. The van der Waals surface area contributed by atoms with Crippen molar-refractivity contribution < 1.29 is 28.7 Å². The van der Waals surface area contributed by atoms with Gasteiger partial charge in [0.2, 0.25) is 11.8 Å². The topological polar surface area (TPSA) is 160 Å². The molecular weight excluding hydrogens is 591 g/mol. The number of pyridine rings is 1. The molecule has 1 aromatic carbocycles. The minimum absolute atomic E-state index is 0.0254. The maximum Gasteiger partial charge on any atom is 0.329 e. The molecule has 0 radical (unpaired) electrons. The van der Waals surface area contributed by atoms with Crippen LogP contribution in [-0.2, 0) is 20.3 Å². The van der Waals surface area contributed by atoms with Gasteiger partial charge in [-0.05, 0) is 73.1 Å². The van der Waals surface area contributed by atoms with Crippen molar-refractivity contribution in [3.63, 3.8) is 0 Å². The molecule has 11 nitrogen and oxygen atoms in total. The van der Waals surface area contributed by atoms with Crippen LogP contribution in [0.5, 0.6) is 0 Å². The maximum absolute atomic E-state index is 14.1. The van der Waals surface area contributed by atoms with E-state index in [1.54, 1.807) is 46.5 Å². The average molecular weight is 625 g/mol. The van der Waals surface area contributed by atoms with E-state index in [0.717, 1.165) is 24.0 Å². The Labute approximate surface area is 251 Å². The number of nitrogens with zero attached hydrogens (tertiary/aromatic N) is 2. The molecule has 13 heteroatoms. The summed E-state index contributed by atoms with van der Waals surface area (Å²) in [5, 5.41) is 3.69. The van der Waals surface area contributed by atoms with Crippen LogP contribution in [0.4, 0.5) is 0 Å². The van der Waals surface area contributed by atoms with Crippen molar-refractivity contribution in [1.29, 1.82) is 0 Å². The minimum atomic E-state index is -4.22. The smallest absolute Gasteiger partial charge is 0.329 e. The van der Waals surface area contributed by atoms with Crippen LogP contribution in [0, 0.1) is 11.8 Å². The third kappa shape index (κ3) is 5.57. The lowest BCUT2D eigenvalue weighted by Gasteiger charge is -2.43. The quantitative estimate of drug-likeness (QED) is 0.307. The summed E-state index contributed by atoms with van der Waals surface area (Å²) < 4.78 is 12.2. The number of hydrogen-bond acceptors (Lipinski definition) is 6. The molecule has 4 N–H and O–H groups in total. The molecule has 0 bridgehead atoms. The van der Waals surface area contributed by atoms with E-state index in [-0.39, 0.29) is 41.3 Å². The Morgan fingerprint density at radius 3 is 2.60 bits per heavy atom. The second-order valence-corrected chi connectivity index (χ2v) is 15.2. The van der Waals surface area contributed by atoms with Gasteiger partial charge in [-0.3, -0.25) is 23.7 Å². The molecule has 3 aliphatic heterocycles. The van der Waals surface area contributed by atoms with E-state index < -0.39 is 19.7 Å². The van der Waals surface area contributed by atoms with Crippen molar-refractivity contribution in [2.75, 3.05) is 13.1 Å². The number of amides is 3. The molecule has 4 fully saturated rings. The summed E-state index contributed by atoms with van der Waals surface area (Å²) in [6, 6.07) is 6.92. The van der Waals surface area contributed by atoms with E-state index in [9.17, 15) is 33.5 Å². The van der Waals surface area contributed by atoms with Gasteiger partial charge in [-0.2, -0.15) is 0 Å². The molecule has 0 unspecified atom stereocenters. The van der Waals surface area contributed by atoms with E-state index in [1.165, 1.54) is 17.4 Å². The van der Waals surface area contributed by atoms with Crippen molar-refractivity contribution >= 4 is 46.7 Å². The van der Waals surface area contributed by atoms with Gasteiger partial charge in [0.15, 0.2) is 5.43 Å². The van der Waals surface area contributed by atoms with E-state index in [1.807, 2.05) is 0 Å². The summed E-state index contributed by atoms with van der Waals surface area (Å²) in [6.07, 6.45) is 6.70. The molecular formula is C30H33N4O7PS. The largest absolute Gasteiger partial charge is 0.367 e. The first-order valence-electron chi connectivity index (χ1n) is 14.7. The van der Waals surface area contributed by atoms with E-state index in [4.69, 9.17) is 0 Å². The monoisotopic (exact) mass is 624 g/mol. The molecule has 3 amide bonds. The number of fused-ring (bicyclic) bond motifs is 3. The third-order valence-corrected chi connectivity index (χ3v) is 11.4. The number of hydrogen-bond donors (Lipinski definition) is 4. The highest BCUT2D eigenvalue weighted by atomic mass is 32.1. The molecule has 7 rings (SSSR count). The Morgan fingerprint density at radius 1 is 1.05 bits per heavy atom. The number of benzene rings is 1. The van der Waals surface area contributed by atoms with Gasteiger partial charge >= 0.3 is 7.60 Å². The van der Waals surface area contributed by atoms with Crippen molar-refractivity contribution in [2.45, 2.75) is 62.3 Å². The predicted molar refractivity (Wildman–Crippen MR) is 160 cm³/mol. The van der Waals surface area contributed by atoms with Crippen LogP contribution in [-0.4, -0.2) is 73.5 Å². The second kappa shape index (κ2) is 10.7. The van der Waals surface area contributed by atoms with Crippen LogP contribution in [0.15, 0.2) is 47.5 Å². The van der Waals surface area contributed by atoms with Crippen molar-refractivity contribution in [1.82, 2.24) is 20.1 Å². The maximum atomic E-state index is 14.1. The fourth-order valence-corrected chi connectivity index (χ4v) is 8.83. The van der Waals surface area contributed by atoms with Crippen molar-refractivity contribution in [3.8, 4) is 0 Å². The van der Waals surface area contributed by atoms with Gasteiger partial charge in [0.05, 0.1) is 11.0 Å². The molecule has 1 saturated carbocycles. The predicted octanol–water partition coefficient (Wildman–Crippen LogP) is 2.78. The van der Waals surface area contributed by atoms with Gasteiger partial charge < -0.3 is 29.9 Å². The minimum Gasteiger partial charge on any atom is -0.367 e. The van der Waals surface area contributed by atoms with Gasteiger partial charge in [0, 0.05) is 53.8 Å². The zero-order chi connectivity index (χ0) is 30.0. The van der Waals surface area contributed by atoms with Crippen LogP contribution >= 0.6 is 18.9 Å². The Kier molecular flexibility index (Phi) is 7.08. The summed E-state index contributed by atoms with van der Waals surface area (Å²) in [5.74, 6) is 0.177. The fourth-order valence-electron chi connectivity index (χ4n) is 7.22. The molecule has 43 heavy (non-hydrogen) atoms. The lowest BCUT2D eigenvalue weighted by atomic mass is 9.91. The van der Waals surface area contributed by atoms with E-state index in [2.05, 4.69) is 10.3 Å². The zero-order valence-electron chi connectivity index (χ0n) is 23.3. The Balaban J connectivity index is 1.07. The molecule has 2 aromatic heterocycles. The fraction of sp³-hybridized carbons (Fsp3) is 0.467. The van der Waals surface area contributed by atoms with Gasteiger partial charge in [-0.1, -0.05) is 6.07 Å². The van der Waals surface area contributed by atoms with E-state index >= 15 is 0 Å². The molecule has 0 spiro atoms. The zero-order valence-corrected chi connectivity index (χ0v) is 25.1. The third-order valence-electron chi connectivity index (χ3n) is 9.51. The molecule has 1 aliphatic carbocycles. The number of nitrogens with one attached hydrogen (secondary N) is 2. The molecule has 5 heterocycles. The number of aromatic amines is 1. The Morgan fingerprint density at radius 2 is 1.84 bits per heavy atom. The normalized spacial score (nSPS) is 27.2. The SMILES string of the molecule is O=C(N[C@H]1C[C@H]2C[C@H]2C[C@H]2CC[C@@H](C(=O)N3CC(c4c[nH]ccc4=O)C3)N2C1=O)c1cc2cc(CP(=O)(O)O)ccc2s1. The molecule has 3 saturated heterocycles. The average Bonchev–Trinajstić information content (AvgIpc) is 3.29. The summed E-state index contributed by atoms with van der Waals surface area (Å²) in [6.45, 7) is 0.892.